The zero-order chi connectivity index (χ0) is 12.8. The number of nitriles is 1. The number of benzene rings is 2. The van der Waals surface area contributed by atoms with Crippen LogP contribution in [0.1, 0.15) is 11.1 Å². The number of hydrogen-bond donors (Lipinski definition) is 0. The van der Waals surface area contributed by atoms with Crippen LogP contribution in [-0.2, 0) is 6.54 Å². The van der Waals surface area contributed by atoms with E-state index in [1.807, 2.05) is 30.3 Å². The largest absolute Gasteiger partial charge is 0.354 e. The standard InChI is InChI=1S/C16H16N2/c1-14-6-5-9-16(12-14)18(11-10-17)13-15-7-3-2-4-8-15/h2-9,12H,11,13H2,1H3. The molecule has 0 heterocycles. The van der Waals surface area contributed by atoms with Gasteiger partial charge < -0.3 is 4.90 Å². The number of aryl methyl sites for hydroxylation is 1. The van der Waals surface area contributed by atoms with E-state index < -0.39 is 0 Å². The Morgan fingerprint density at radius 1 is 1.06 bits per heavy atom. The average Bonchev–Trinajstić information content (AvgIpc) is 2.39. The van der Waals surface area contributed by atoms with E-state index in [0.29, 0.717) is 6.54 Å². The summed E-state index contributed by atoms with van der Waals surface area (Å²) in [5.41, 5.74) is 3.53. The molecule has 2 aromatic rings. The Bertz CT molecular complexity index is 541. The molecule has 18 heavy (non-hydrogen) atoms. The summed E-state index contributed by atoms with van der Waals surface area (Å²) in [6, 6.07) is 20.7. The van der Waals surface area contributed by atoms with Gasteiger partial charge in [-0.3, -0.25) is 0 Å². The van der Waals surface area contributed by atoms with E-state index >= 15 is 0 Å². The fourth-order valence-corrected chi connectivity index (χ4v) is 1.95. The second-order valence-corrected chi connectivity index (χ2v) is 4.34. The highest BCUT2D eigenvalue weighted by Gasteiger charge is 2.06. The van der Waals surface area contributed by atoms with Gasteiger partial charge in [0, 0.05) is 12.2 Å². The highest BCUT2D eigenvalue weighted by molar-refractivity contribution is 5.49. The van der Waals surface area contributed by atoms with Crippen LogP contribution in [0.3, 0.4) is 0 Å². The maximum absolute atomic E-state index is 8.95. The molecule has 0 fully saturated rings. The van der Waals surface area contributed by atoms with E-state index in [4.69, 9.17) is 5.26 Å². The molecule has 0 aliphatic carbocycles. The molecule has 0 aliphatic rings. The molecule has 2 nitrogen and oxygen atoms in total. The summed E-state index contributed by atoms with van der Waals surface area (Å²) in [4.78, 5) is 2.09. The first-order valence-corrected chi connectivity index (χ1v) is 6.02. The van der Waals surface area contributed by atoms with E-state index in [-0.39, 0.29) is 0 Å². The van der Waals surface area contributed by atoms with Crippen molar-refractivity contribution in [2.75, 3.05) is 11.4 Å². The fourth-order valence-electron chi connectivity index (χ4n) is 1.95. The predicted octanol–water partition coefficient (Wildman–Crippen LogP) is 3.53. The monoisotopic (exact) mass is 236 g/mol. The van der Waals surface area contributed by atoms with Crippen molar-refractivity contribution in [3.8, 4) is 6.07 Å². The van der Waals surface area contributed by atoms with E-state index in [1.54, 1.807) is 0 Å². The fraction of sp³-hybridized carbons (Fsp3) is 0.188. The van der Waals surface area contributed by atoms with E-state index in [9.17, 15) is 0 Å². The van der Waals surface area contributed by atoms with Crippen molar-refractivity contribution in [1.82, 2.24) is 0 Å². The Kier molecular flexibility index (Phi) is 3.98. The number of hydrogen-bond acceptors (Lipinski definition) is 2. The Labute approximate surface area is 108 Å². The molecule has 0 saturated carbocycles. The van der Waals surface area contributed by atoms with Gasteiger partial charge in [0.2, 0.25) is 0 Å². The van der Waals surface area contributed by atoms with Crippen molar-refractivity contribution in [1.29, 1.82) is 5.26 Å². The van der Waals surface area contributed by atoms with E-state index in [2.05, 4.69) is 42.2 Å². The first-order chi connectivity index (χ1) is 8.79. The van der Waals surface area contributed by atoms with Crippen LogP contribution >= 0.6 is 0 Å². The topological polar surface area (TPSA) is 27.0 Å². The predicted molar refractivity (Wildman–Crippen MR) is 74.3 cm³/mol. The minimum Gasteiger partial charge on any atom is -0.354 e. The quantitative estimate of drug-likeness (QED) is 0.759. The van der Waals surface area contributed by atoms with Gasteiger partial charge in [0.1, 0.15) is 6.54 Å². The molecular weight excluding hydrogens is 220 g/mol. The zero-order valence-corrected chi connectivity index (χ0v) is 10.5. The molecule has 2 aromatic carbocycles. The molecule has 0 amide bonds. The minimum absolute atomic E-state index is 0.401. The lowest BCUT2D eigenvalue weighted by molar-refractivity contribution is 0.871. The summed E-state index contributed by atoms with van der Waals surface area (Å²) < 4.78 is 0. The van der Waals surface area contributed by atoms with Crippen LogP contribution in [0.5, 0.6) is 0 Å². The third-order valence-electron chi connectivity index (χ3n) is 2.84. The van der Waals surface area contributed by atoms with E-state index in [0.717, 1.165) is 12.2 Å². The Morgan fingerprint density at radius 2 is 1.83 bits per heavy atom. The summed E-state index contributed by atoms with van der Waals surface area (Å²) in [5.74, 6) is 0. The number of nitrogens with zero attached hydrogens (tertiary/aromatic N) is 2. The third kappa shape index (κ3) is 3.11. The lowest BCUT2D eigenvalue weighted by Crippen LogP contribution is -2.22. The van der Waals surface area contributed by atoms with Crippen LogP contribution in [-0.4, -0.2) is 6.54 Å². The lowest BCUT2D eigenvalue weighted by atomic mass is 10.1. The van der Waals surface area contributed by atoms with Crippen molar-refractivity contribution >= 4 is 5.69 Å². The van der Waals surface area contributed by atoms with Gasteiger partial charge in [0.25, 0.3) is 0 Å². The van der Waals surface area contributed by atoms with Crippen molar-refractivity contribution in [3.05, 3.63) is 65.7 Å². The summed E-state index contributed by atoms with van der Waals surface area (Å²) in [5, 5.41) is 8.95. The second-order valence-electron chi connectivity index (χ2n) is 4.34. The Balaban J connectivity index is 2.21. The average molecular weight is 236 g/mol. The van der Waals surface area contributed by atoms with Crippen molar-refractivity contribution in [3.63, 3.8) is 0 Å². The molecule has 0 radical (unpaired) electrons. The number of anilines is 1. The van der Waals surface area contributed by atoms with Crippen LogP contribution in [0.15, 0.2) is 54.6 Å². The van der Waals surface area contributed by atoms with Gasteiger partial charge in [-0.1, -0.05) is 42.5 Å². The van der Waals surface area contributed by atoms with Gasteiger partial charge >= 0.3 is 0 Å². The van der Waals surface area contributed by atoms with Gasteiger partial charge in [-0.25, -0.2) is 0 Å². The molecule has 0 atom stereocenters. The molecular formula is C16H16N2. The van der Waals surface area contributed by atoms with Crippen LogP contribution in [0.4, 0.5) is 5.69 Å². The Hall–Kier alpha value is -2.27. The number of rotatable bonds is 4. The molecule has 2 heteroatoms. The molecule has 2 rings (SSSR count). The first kappa shape index (κ1) is 12.2. The second kappa shape index (κ2) is 5.88. The highest BCUT2D eigenvalue weighted by Crippen LogP contribution is 2.18. The smallest absolute Gasteiger partial charge is 0.106 e. The van der Waals surface area contributed by atoms with Crippen LogP contribution in [0.2, 0.25) is 0 Å². The van der Waals surface area contributed by atoms with Crippen molar-refractivity contribution < 1.29 is 0 Å². The van der Waals surface area contributed by atoms with Gasteiger partial charge in [-0.2, -0.15) is 5.26 Å². The van der Waals surface area contributed by atoms with Crippen molar-refractivity contribution in [2.45, 2.75) is 13.5 Å². The van der Waals surface area contributed by atoms with Gasteiger partial charge in [0.15, 0.2) is 0 Å². The zero-order valence-electron chi connectivity index (χ0n) is 10.5. The molecule has 0 saturated heterocycles. The summed E-state index contributed by atoms with van der Waals surface area (Å²) in [7, 11) is 0. The molecule has 0 N–H and O–H groups in total. The maximum Gasteiger partial charge on any atom is 0.106 e. The molecule has 0 unspecified atom stereocenters. The molecule has 0 spiro atoms. The summed E-state index contributed by atoms with van der Waals surface area (Å²) in [6.07, 6.45) is 0. The lowest BCUT2D eigenvalue weighted by Gasteiger charge is -2.22. The highest BCUT2D eigenvalue weighted by atomic mass is 15.1. The first-order valence-electron chi connectivity index (χ1n) is 6.02. The molecule has 0 bridgehead atoms. The SMILES string of the molecule is Cc1cccc(N(CC#N)Cc2ccccc2)c1. The Morgan fingerprint density at radius 3 is 2.50 bits per heavy atom. The minimum atomic E-state index is 0.401. The van der Waals surface area contributed by atoms with Crippen LogP contribution < -0.4 is 4.90 Å². The summed E-state index contributed by atoms with van der Waals surface area (Å²) >= 11 is 0. The molecule has 0 aromatic heterocycles. The molecule has 0 aliphatic heterocycles. The molecule has 90 valence electrons. The van der Waals surface area contributed by atoms with Crippen LogP contribution in [0, 0.1) is 18.3 Å². The van der Waals surface area contributed by atoms with Crippen LogP contribution in [0.25, 0.3) is 0 Å². The van der Waals surface area contributed by atoms with Crippen molar-refractivity contribution in [2.24, 2.45) is 0 Å². The third-order valence-corrected chi connectivity index (χ3v) is 2.84. The van der Waals surface area contributed by atoms with Gasteiger partial charge in [0.05, 0.1) is 6.07 Å². The summed E-state index contributed by atoms with van der Waals surface area (Å²) in [6.45, 7) is 3.23. The normalized spacial score (nSPS) is 9.78. The van der Waals surface area contributed by atoms with Gasteiger partial charge in [-0.05, 0) is 30.2 Å². The van der Waals surface area contributed by atoms with E-state index in [1.165, 1.54) is 11.1 Å². The van der Waals surface area contributed by atoms with Gasteiger partial charge in [-0.15, -0.1) is 0 Å². The maximum atomic E-state index is 8.95.